The third kappa shape index (κ3) is 4.79. The van der Waals surface area contributed by atoms with Crippen LogP contribution in [0.1, 0.15) is 23.7 Å². The molecule has 0 aliphatic heterocycles. The molecule has 0 bridgehead atoms. The van der Waals surface area contributed by atoms with Gasteiger partial charge in [0.15, 0.2) is 0 Å². The molecule has 1 aromatic rings. The number of amides is 1. The van der Waals surface area contributed by atoms with Crippen molar-refractivity contribution in [3.63, 3.8) is 0 Å². The van der Waals surface area contributed by atoms with Crippen LogP contribution in [0.15, 0.2) is 30.3 Å². The average Bonchev–Trinajstić information content (AvgIpc) is 2.37. The molecule has 1 aromatic carbocycles. The summed E-state index contributed by atoms with van der Waals surface area (Å²) < 4.78 is 0. The molecule has 1 atom stereocenters. The fourth-order valence-corrected chi connectivity index (χ4v) is 2.32. The van der Waals surface area contributed by atoms with Crippen molar-refractivity contribution in [3.8, 4) is 0 Å². The Morgan fingerprint density at radius 3 is 2.65 bits per heavy atom. The molecule has 94 valence electrons. The van der Waals surface area contributed by atoms with Crippen molar-refractivity contribution in [3.05, 3.63) is 35.9 Å². The monoisotopic (exact) mass is 252 g/mol. The number of unbranched alkanes of at least 4 members (excludes halogenated alkanes) is 1. The second kappa shape index (κ2) is 8.14. The van der Waals surface area contributed by atoms with Crippen molar-refractivity contribution in [2.75, 3.05) is 19.3 Å². The fraction of sp³-hybridized carbons (Fsp3) is 0.462. The molecule has 0 saturated carbocycles. The number of hydrogen-bond acceptors (Lipinski definition) is 3. The molecule has 3 nitrogen and oxygen atoms in total. The van der Waals surface area contributed by atoms with Crippen molar-refractivity contribution < 1.29 is 4.79 Å². The summed E-state index contributed by atoms with van der Waals surface area (Å²) in [6.45, 7) is 1.39. The lowest BCUT2D eigenvalue weighted by Gasteiger charge is -2.14. The molecule has 0 radical (unpaired) electrons. The van der Waals surface area contributed by atoms with Crippen LogP contribution in [-0.4, -0.2) is 25.3 Å². The summed E-state index contributed by atoms with van der Waals surface area (Å²) in [6.07, 6.45) is 3.85. The van der Waals surface area contributed by atoms with E-state index in [1.54, 1.807) is 11.8 Å². The molecule has 0 spiro atoms. The topological polar surface area (TPSA) is 55.1 Å². The van der Waals surface area contributed by atoms with Gasteiger partial charge in [0.05, 0.1) is 0 Å². The van der Waals surface area contributed by atoms with E-state index in [4.69, 9.17) is 5.73 Å². The van der Waals surface area contributed by atoms with Gasteiger partial charge in [0, 0.05) is 6.54 Å². The van der Waals surface area contributed by atoms with Crippen LogP contribution in [0.3, 0.4) is 0 Å². The summed E-state index contributed by atoms with van der Waals surface area (Å²) in [4.78, 5) is 12.0. The van der Waals surface area contributed by atoms with Gasteiger partial charge in [-0.25, -0.2) is 0 Å². The lowest BCUT2D eigenvalue weighted by atomic mass is 10.1. The zero-order valence-corrected chi connectivity index (χ0v) is 11.0. The van der Waals surface area contributed by atoms with Crippen LogP contribution in [0.2, 0.25) is 0 Å². The number of thioether (sulfide) groups is 1. The zero-order chi connectivity index (χ0) is 12.5. The number of nitrogens with two attached hydrogens (primary N) is 1. The quantitative estimate of drug-likeness (QED) is 0.729. The second-order valence-electron chi connectivity index (χ2n) is 3.81. The highest BCUT2D eigenvalue weighted by Gasteiger charge is 2.18. The van der Waals surface area contributed by atoms with Crippen LogP contribution in [0.5, 0.6) is 0 Å². The maximum absolute atomic E-state index is 12.0. The standard InChI is InChI=1S/C13H20N2OS/c1-17-12(11-7-3-2-4-8-11)13(16)15-10-6-5-9-14/h2-4,7-8,12H,5-6,9-10,14H2,1H3,(H,15,16). The highest BCUT2D eigenvalue weighted by molar-refractivity contribution is 7.99. The van der Waals surface area contributed by atoms with E-state index in [2.05, 4.69) is 5.32 Å². The minimum Gasteiger partial charge on any atom is -0.355 e. The van der Waals surface area contributed by atoms with E-state index in [9.17, 15) is 4.79 Å². The third-order valence-corrected chi connectivity index (χ3v) is 3.46. The lowest BCUT2D eigenvalue weighted by Crippen LogP contribution is -2.29. The smallest absolute Gasteiger partial charge is 0.237 e. The molecular formula is C13H20N2OS. The Balaban J connectivity index is 2.48. The van der Waals surface area contributed by atoms with E-state index in [-0.39, 0.29) is 11.2 Å². The molecule has 1 rings (SSSR count). The van der Waals surface area contributed by atoms with Gasteiger partial charge in [0.1, 0.15) is 5.25 Å². The lowest BCUT2D eigenvalue weighted by molar-refractivity contribution is -0.120. The number of carbonyl (C=O) groups excluding carboxylic acids is 1. The number of carbonyl (C=O) groups is 1. The first-order valence-corrected chi connectivity index (χ1v) is 7.14. The molecule has 0 aromatic heterocycles. The van der Waals surface area contributed by atoms with Gasteiger partial charge in [0.2, 0.25) is 5.91 Å². The van der Waals surface area contributed by atoms with Gasteiger partial charge >= 0.3 is 0 Å². The van der Waals surface area contributed by atoms with Gasteiger partial charge in [-0.3, -0.25) is 4.79 Å². The molecule has 0 saturated heterocycles. The minimum atomic E-state index is -0.117. The molecule has 1 unspecified atom stereocenters. The summed E-state index contributed by atoms with van der Waals surface area (Å²) >= 11 is 1.56. The Labute approximate surface area is 107 Å². The van der Waals surface area contributed by atoms with Crippen molar-refractivity contribution in [1.29, 1.82) is 0 Å². The van der Waals surface area contributed by atoms with Crippen LogP contribution in [0.25, 0.3) is 0 Å². The second-order valence-corrected chi connectivity index (χ2v) is 4.76. The van der Waals surface area contributed by atoms with Crippen molar-refractivity contribution in [2.24, 2.45) is 5.73 Å². The Kier molecular flexibility index (Phi) is 6.74. The molecular weight excluding hydrogens is 232 g/mol. The summed E-state index contributed by atoms with van der Waals surface area (Å²) in [5.74, 6) is 0.0840. The van der Waals surface area contributed by atoms with Crippen molar-refractivity contribution in [2.45, 2.75) is 18.1 Å². The van der Waals surface area contributed by atoms with E-state index in [1.807, 2.05) is 36.6 Å². The summed E-state index contributed by atoms with van der Waals surface area (Å²) in [5.41, 5.74) is 6.46. The maximum atomic E-state index is 12.0. The third-order valence-electron chi connectivity index (χ3n) is 2.51. The van der Waals surface area contributed by atoms with Crippen LogP contribution in [0.4, 0.5) is 0 Å². The predicted molar refractivity (Wildman–Crippen MR) is 74.0 cm³/mol. The van der Waals surface area contributed by atoms with Crippen LogP contribution < -0.4 is 11.1 Å². The Bertz CT molecular complexity index is 329. The van der Waals surface area contributed by atoms with Crippen LogP contribution in [0, 0.1) is 0 Å². The van der Waals surface area contributed by atoms with E-state index in [1.165, 1.54) is 0 Å². The zero-order valence-electron chi connectivity index (χ0n) is 10.2. The molecule has 0 aliphatic carbocycles. The molecule has 4 heteroatoms. The van der Waals surface area contributed by atoms with Gasteiger partial charge in [0.25, 0.3) is 0 Å². The highest BCUT2D eigenvalue weighted by atomic mass is 32.2. The van der Waals surface area contributed by atoms with Gasteiger partial charge in [-0.1, -0.05) is 30.3 Å². The van der Waals surface area contributed by atoms with Gasteiger partial charge in [-0.15, -0.1) is 11.8 Å². The summed E-state index contributed by atoms with van der Waals surface area (Å²) in [5, 5.41) is 2.84. The first-order chi connectivity index (χ1) is 8.29. The van der Waals surface area contributed by atoms with E-state index in [0.29, 0.717) is 13.1 Å². The fourth-order valence-electron chi connectivity index (χ4n) is 1.60. The first kappa shape index (κ1) is 14.1. The van der Waals surface area contributed by atoms with Crippen LogP contribution in [-0.2, 0) is 4.79 Å². The van der Waals surface area contributed by atoms with Gasteiger partial charge in [-0.2, -0.15) is 0 Å². The van der Waals surface area contributed by atoms with Crippen molar-refractivity contribution >= 4 is 17.7 Å². The number of rotatable bonds is 7. The molecule has 0 heterocycles. The molecule has 0 fully saturated rings. The normalized spacial score (nSPS) is 12.1. The largest absolute Gasteiger partial charge is 0.355 e. The van der Waals surface area contributed by atoms with Crippen LogP contribution >= 0.6 is 11.8 Å². The number of nitrogens with one attached hydrogen (secondary N) is 1. The summed E-state index contributed by atoms with van der Waals surface area (Å²) in [6, 6.07) is 9.85. The van der Waals surface area contributed by atoms with Gasteiger partial charge < -0.3 is 11.1 Å². The number of benzene rings is 1. The first-order valence-electron chi connectivity index (χ1n) is 5.85. The molecule has 1 amide bonds. The Morgan fingerprint density at radius 1 is 1.35 bits per heavy atom. The SMILES string of the molecule is CSC(C(=O)NCCCCN)c1ccccc1. The average molecular weight is 252 g/mol. The van der Waals surface area contributed by atoms with E-state index < -0.39 is 0 Å². The minimum absolute atomic E-state index is 0.0840. The molecule has 0 aliphatic rings. The van der Waals surface area contributed by atoms with Crippen molar-refractivity contribution in [1.82, 2.24) is 5.32 Å². The maximum Gasteiger partial charge on any atom is 0.237 e. The predicted octanol–water partition coefficient (Wildman–Crippen LogP) is 1.95. The molecule has 3 N–H and O–H groups in total. The number of hydrogen-bond donors (Lipinski definition) is 2. The van der Waals surface area contributed by atoms with E-state index >= 15 is 0 Å². The molecule has 17 heavy (non-hydrogen) atoms. The highest BCUT2D eigenvalue weighted by Crippen LogP contribution is 2.26. The Morgan fingerprint density at radius 2 is 2.06 bits per heavy atom. The van der Waals surface area contributed by atoms with E-state index in [0.717, 1.165) is 18.4 Å². The van der Waals surface area contributed by atoms with Gasteiger partial charge in [-0.05, 0) is 31.2 Å². The Hall–Kier alpha value is -1.00. The summed E-state index contributed by atoms with van der Waals surface area (Å²) in [7, 11) is 0.